The molecule has 0 radical (unpaired) electrons. The fraction of sp³-hybridized carbons (Fsp3) is 0.600. The van der Waals surface area contributed by atoms with Crippen molar-refractivity contribution in [2.75, 3.05) is 26.2 Å². The Balaban J connectivity index is 2.03. The zero-order valence-electron chi connectivity index (χ0n) is 9.30. The molecule has 2 heterocycles. The molecule has 7 nitrogen and oxygen atoms in total. The van der Waals surface area contributed by atoms with Crippen molar-refractivity contribution in [3.05, 3.63) is 11.8 Å². The molecule has 0 saturated carbocycles. The molecule has 0 aliphatic carbocycles. The SMILES string of the molecule is O=C(O)C1=CCN2CCN(C(=O)O)CCC2N1. The molecule has 17 heavy (non-hydrogen) atoms. The minimum atomic E-state index is -0.969. The zero-order valence-corrected chi connectivity index (χ0v) is 9.30. The number of aliphatic carboxylic acids is 1. The van der Waals surface area contributed by atoms with Gasteiger partial charge in [-0.3, -0.25) is 4.90 Å². The molecule has 1 fully saturated rings. The Hall–Kier alpha value is -1.76. The van der Waals surface area contributed by atoms with Gasteiger partial charge in [0.25, 0.3) is 0 Å². The van der Waals surface area contributed by atoms with Gasteiger partial charge >= 0.3 is 12.1 Å². The Morgan fingerprint density at radius 1 is 1.29 bits per heavy atom. The number of carbonyl (C=O) groups is 2. The lowest BCUT2D eigenvalue weighted by atomic mass is 10.2. The van der Waals surface area contributed by atoms with Crippen LogP contribution >= 0.6 is 0 Å². The van der Waals surface area contributed by atoms with Gasteiger partial charge in [-0.1, -0.05) is 0 Å². The van der Waals surface area contributed by atoms with Gasteiger partial charge < -0.3 is 20.4 Å². The molecule has 1 saturated heterocycles. The summed E-state index contributed by atoms with van der Waals surface area (Å²) >= 11 is 0. The molecule has 2 aliphatic heterocycles. The third-order valence-electron chi connectivity index (χ3n) is 3.12. The second-order valence-corrected chi connectivity index (χ2v) is 4.14. The van der Waals surface area contributed by atoms with E-state index in [1.165, 1.54) is 4.90 Å². The van der Waals surface area contributed by atoms with Crippen LogP contribution in [0.5, 0.6) is 0 Å². The first kappa shape index (κ1) is 11.7. The Morgan fingerprint density at radius 3 is 2.71 bits per heavy atom. The molecule has 2 rings (SSSR count). The molecule has 0 spiro atoms. The number of hydrogen-bond donors (Lipinski definition) is 3. The van der Waals surface area contributed by atoms with Crippen molar-refractivity contribution in [3.63, 3.8) is 0 Å². The molecular formula is C10H15N3O4. The molecule has 2 aliphatic rings. The van der Waals surface area contributed by atoms with Crippen molar-refractivity contribution in [1.82, 2.24) is 15.1 Å². The second kappa shape index (κ2) is 4.62. The largest absolute Gasteiger partial charge is 0.477 e. The summed E-state index contributed by atoms with van der Waals surface area (Å²) in [5.74, 6) is -0.969. The van der Waals surface area contributed by atoms with E-state index in [9.17, 15) is 9.59 Å². The highest BCUT2D eigenvalue weighted by Crippen LogP contribution is 2.14. The summed E-state index contributed by atoms with van der Waals surface area (Å²) in [6.45, 7) is 2.06. The minimum absolute atomic E-state index is 0.0875. The van der Waals surface area contributed by atoms with Crippen molar-refractivity contribution in [2.24, 2.45) is 0 Å². The van der Waals surface area contributed by atoms with Crippen molar-refractivity contribution in [1.29, 1.82) is 0 Å². The van der Waals surface area contributed by atoms with Crippen LogP contribution in [0.25, 0.3) is 0 Å². The Bertz CT molecular complexity index is 369. The van der Waals surface area contributed by atoms with Crippen molar-refractivity contribution in [2.45, 2.75) is 12.6 Å². The van der Waals surface area contributed by atoms with E-state index in [1.54, 1.807) is 6.08 Å². The van der Waals surface area contributed by atoms with Crippen LogP contribution in [0.15, 0.2) is 11.8 Å². The summed E-state index contributed by atoms with van der Waals surface area (Å²) < 4.78 is 0. The highest BCUT2D eigenvalue weighted by molar-refractivity contribution is 5.86. The van der Waals surface area contributed by atoms with E-state index >= 15 is 0 Å². The van der Waals surface area contributed by atoms with Gasteiger partial charge in [0.1, 0.15) is 5.70 Å². The van der Waals surface area contributed by atoms with Gasteiger partial charge in [0.2, 0.25) is 0 Å². The first-order valence-corrected chi connectivity index (χ1v) is 5.50. The fourth-order valence-electron chi connectivity index (χ4n) is 2.15. The Labute approximate surface area is 98.3 Å². The van der Waals surface area contributed by atoms with E-state index in [0.717, 1.165) is 0 Å². The summed E-state index contributed by atoms with van der Waals surface area (Å²) in [6.07, 6.45) is 1.21. The fourth-order valence-corrected chi connectivity index (χ4v) is 2.15. The van der Waals surface area contributed by atoms with Gasteiger partial charge in [0, 0.05) is 26.2 Å². The molecule has 7 heteroatoms. The lowest BCUT2D eigenvalue weighted by Gasteiger charge is -2.33. The molecule has 1 unspecified atom stereocenters. The van der Waals surface area contributed by atoms with E-state index in [4.69, 9.17) is 10.2 Å². The van der Waals surface area contributed by atoms with Crippen molar-refractivity contribution in [3.8, 4) is 0 Å². The van der Waals surface area contributed by atoms with Gasteiger partial charge in [0.05, 0.1) is 6.17 Å². The summed E-state index contributed by atoms with van der Waals surface area (Å²) in [5, 5.41) is 20.7. The Morgan fingerprint density at radius 2 is 2.06 bits per heavy atom. The molecule has 3 N–H and O–H groups in total. The lowest BCUT2D eigenvalue weighted by Crippen LogP contribution is -2.50. The van der Waals surface area contributed by atoms with Crippen LogP contribution in [0.4, 0.5) is 4.79 Å². The number of nitrogens with zero attached hydrogens (tertiary/aromatic N) is 2. The molecule has 0 aromatic rings. The number of carboxylic acids is 1. The zero-order chi connectivity index (χ0) is 12.4. The standard InChI is InChI=1S/C10H15N3O4/c14-9(15)7-1-3-12-5-6-13(10(16)17)4-2-8(12)11-7/h1,8,11H,2-6H2,(H,14,15)(H,16,17). The van der Waals surface area contributed by atoms with E-state index in [0.29, 0.717) is 32.6 Å². The number of amides is 1. The van der Waals surface area contributed by atoms with Gasteiger partial charge in [-0.05, 0) is 12.5 Å². The van der Waals surface area contributed by atoms with Gasteiger partial charge in [-0.15, -0.1) is 0 Å². The van der Waals surface area contributed by atoms with Crippen molar-refractivity contribution < 1.29 is 19.8 Å². The summed E-state index contributed by atoms with van der Waals surface area (Å²) in [4.78, 5) is 25.1. The first-order chi connectivity index (χ1) is 8.08. The summed E-state index contributed by atoms with van der Waals surface area (Å²) in [6, 6.07) is 0. The second-order valence-electron chi connectivity index (χ2n) is 4.14. The van der Waals surface area contributed by atoms with Gasteiger partial charge in [0.15, 0.2) is 0 Å². The lowest BCUT2D eigenvalue weighted by molar-refractivity contribution is -0.133. The predicted molar refractivity (Wildman–Crippen MR) is 58.4 cm³/mol. The van der Waals surface area contributed by atoms with Crippen LogP contribution < -0.4 is 5.32 Å². The van der Waals surface area contributed by atoms with Crippen LogP contribution in [0, 0.1) is 0 Å². The van der Waals surface area contributed by atoms with E-state index in [1.807, 2.05) is 0 Å². The van der Waals surface area contributed by atoms with Gasteiger partial charge in [-0.25, -0.2) is 9.59 Å². The number of fused-ring (bicyclic) bond motifs is 1. The molecule has 0 bridgehead atoms. The van der Waals surface area contributed by atoms with E-state index in [2.05, 4.69) is 10.2 Å². The summed E-state index contributed by atoms with van der Waals surface area (Å²) in [7, 11) is 0. The quantitative estimate of drug-likeness (QED) is 0.577. The maximum atomic E-state index is 10.9. The molecule has 1 amide bonds. The molecule has 1 atom stereocenters. The number of hydrogen-bond acceptors (Lipinski definition) is 4. The van der Waals surface area contributed by atoms with Crippen LogP contribution in [-0.4, -0.2) is 64.4 Å². The van der Waals surface area contributed by atoms with E-state index in [-0.39, 0.29) is 11.9 Å². The number of rotatable bonds is 1. The van der Waals surface area contributed by atoms with E-state index < -0.39 is 12.1 Å². The topological polar surface area (TPSA) is 93.1 Å². The minimum Gasteiger partial charge on any atom is -0.477 e. The molecular weight excluding hydrogens is 226 g/mol. The monoisotopic (exact) mass is 241 g/mol. The van der Waals surface area contributed by atoms with Crippen LogP contribution in [-0.2, 0) is 4.79 Å². The van der Waals surface area contributed by atoms with Crippen LogP contribution in [0.2, 0.25) is 0 Å². The third-order valence-corrected chi connectivity index (χ3v) is 3.12. The summed E-state index contributed by atoms with van der Waals surface area (Å²) in [5.41, 5.74) is 0.204. The highest BCUT2D eigenvalue weighted by atomic mass is 16.4. The predicted octanol–water partition coefficient (Wildman–Crippen LogP) is -0.430. The first-order valence-electron chi connectivity index (χ1n) is 5.50. The average molecular weight is 241 g/mol. The average Bonchev–Trinajstić information content (AvgIpc) is 2.50. The normalized spacial score (nSPS) is 25.3. The maximum absolute atomic E-state index is 10.9. The van der Waals surface area contributed by atoms with Crippen molar-refractivity contribution >= 4 is 12.1 Å². The molecule has 0 aromatic carbocycles. The van der Waals surface area contributed by atoms with Gasteiger partial charge in [-0.2, -0.15) is 0 Å². The Kier molecular flexibility index (Phi) is 3.19. The number of carboxylic acid groups (broad SMARTS) is 2. The smallest absolute Gasteiger partial charge is 0.407 e. The molecule has 0 aromatic heterocycles. The van der Waals surface area contributed by atoms with Crippen LogP contribution in [0.1, 0.15) is 6.42 Å². The third kappa shape index (κ3) is 2.50. The van der Waals surface area contributed by atoms with Crippen LogP contribution in [0.3, 0.4) is 0 Å². The number of nitrogens with one attached hydrogen (secondary N) is 1. The highest BCUT2D eigenvalue weighted by Gasteiger charge is 2.29. The molecule has 94 valence electrons. The maximum Gasteiger partial charge on any atom is 0.407 e.